The Hall–Kier alpha value is -3.69. The van der Waals surface area contributed by atoms with Gasteiger partial charge in [-0.1, -0.05) is 63.4 Å². The van der Waals surface area contributed by atoms with Gasteiger partial charge in [0.15, 0.2) is 0 Å². The number of nitrogens with zero attached hydrogens (tertiary/aromatic N) is 6. The lowest BCUT2D eigenvalue weighted by atomic mass is 9.70. The molecule has 10 heteroatoms. The molecule has 5 aliphatic rings. The molecule has 7 rings (SSSR count). The number of amides is 4. The number of piperidine rings is 1. The van der Waals surface area contributed by atoms with Crippen LogP contribution in [0.1, 0.15) is 81.1 Å². The van der Waals surface area contributed by atoms with Crippen LogP contribution in [0, 0.1) is 28.6 Å². The second kappa shape index (κ2) is 12.4. The number of carbonyl (C=O) groups is 4. The van der Waals surface area contributed by atoms with Gasteiger partial charge in [-0.15, -0.1) is 0 Å². The first-order valence-corrected chi connectivity index (χ1v) is 17.7. The molecule has 4 amide bonds. The van der Waals surface area contributed by atoms with Crippen LogP contribution < -0.4 is 0 Å². The largest absolute Gasteiger partial charge is 0.342 e. The summed E-state index contributed by atoms with van der Waals surface area (Å²) in [5.41, 5.74) is 1.16. The second-order valence-corrected chi connectivity index (χ2v) is 15.8. The van der Waals surface area contributed by atoms with Crippen molar-refractivity contribution >= 4 is 23.6 Å². The average Bonchev–Trinajstić information content (AvgIpc) is 3.37. The van der Waals surface area contributed by atoms with Crippen molar-refractivity contribution in [3.8, 4) is 0 Å². The molecule has 10 nitrogen and oxygen atoms in total. The van der Waals surface area contributed by atoms with Crippen LogP contribution in [0.3, 0.4) is 0 Å². The topological polar surface area (TPSA) is 99.1 Å². The van der Waals surface area contributed by atoms with Crippen LogP contribution in [-0.4, -0.2) is 105 Å². The van der Waals surface area contributed by atoms with E-state index in [9.17, 15) is 19.2 Å². The predicted molar refractivity (Wildman–Crippen MR) is 177 cm³/mol. The Bertz CT molecular complexity index is 1510. The Morgan fingerprint density at radius 3 is 2.23 bits per heavy atom. The summed E-state index contributed by atoms with van der Waals surface area (Å²) in [5.74, 6) is -0.336. The normalized spacial score (nSPS) is 26.6. The molecule has 0 N–H and O–H groups in total. The molecule has 2 aromatic rings. The van der Waals surface area contributed by atoms with E-state index in [-0.39, 0.29) is 40.9 Å². The molecule has 252 valence electrons. The van der Waals surface area contributed by atoms with E-state index in [2.05, 4.69) is 18.9 Å². The number of likely N-dealkylation sites (tertiary alicyclic amines) is 3. The summed E-state index contributed by atoms with van der Waals surface area (Å²) in [6.45, 7) is 7.62. The van der Waals surface area contributed by atoms with Crippen molar-refractivity contribution < 1.29 is 19.2 Å². The van der Waals surface area contributed by atoms with Crippen molar-refractivity contribution in [3.63, 3.8) is 0 Å². The van der Waals surface area contributed by atoms with Gasteiger partial charge in [0.2, 0.25) is 17.7 Å². The molecule has 0 unspecified atom stereocenters. The van der Waals surface area contributed by atoms with E-state index in [1.807, 2.05) is 52.1 Å². The molecule has 0 bridgehead atoms. The molecule has 4 heterocycles. The number of rotatable bonds is 7. The average molecular weight is 643 g/mol. The molecule has 3 atom stereocenters. The highest BCUT2D eigenvalue weighted by Gasteiger charge is 2.62. The lowest BCUT2D eigenvalue weighted by Gasteiger charge is -2.51. The summed E-state index contributed by atoms with van der Waals surface area (Å²) in [6.07, 6.45) is 11.6. The number of hydrogen-bond donors (Lipinski definition) is 0. The van der Waals surface area contributed by atoms with Gasteiger partial charge in [-0.05, 0) is 43.1 Å². The maximum absolute atomic E-state index is 14.4. The van der Waals surface area contributed by atoms with Crippen LogP contribution in [0.2, 0.25) is 0 Å². The van der Waals surface area contributed by atoms with Crippen molar-refractivity contribution in [2.75, 3.05) is 46.3 Å². The summed E-state index contributed by atoms with van der Waals surface area (Å²) in [4.78, 5) is 62.8. The third-order valence-electron chi connectivity index (χ3n) is 12.0. The van der Waals surface area contributed by atoms with Gasteiger partial charge in [0.1, 0.15) is 0 Å². The van der Waals surface area contributed by atoms with Gasteiger partial charge < -0.3 is 19.6 Å². The summed E-state index contributed by atoms with van der Waals surface area (Å²) >= 11 is 0. The molecule has 2 aliphatic carbocycles. The lowest BCUT2D eigenvalue weighted by molar-refractivity contribution is -0.157. The fraction of sp³-hybridized carbons (Fsp3) is 0.649. The Morgan fingerprint density at radius 1 is 0.851 bits per heavy atom. The zero-order valence-electron chi connectivity index (χ0n) is 28.3. The van der Waals surface area contributed by atoms with Gasteiger partial charge in [0.05, 0.1) is 30.1 Å². The van der Waals surface area contributed by atoms with Gasteiger partial charge in [0, 0.05) is 69.9 Å². The first kappa shape index (κ1) is 31.9. The third kappa shape index (κ3) is 6.20. The molecular weight excluding hydrogens is 592 g/mol. The smallest absolute Gasteiger partial charge is 0.257 e. The number of carbonyl (C=O) groups excluding carboxylic acids is 4. The van der Waals surface area contributed by atoms with Gasteiger partial charge in [-0.3, -0.25) is 23.9 Å². The molecular formula is C37H50N6O4. The maximum atomic E-state index is 14.4. The Morgan fingerprint density at radius 2 is 1.53 bits per heavy atom. The highest BCUT2D eigenvalue weighted by atomic mass is 16.2. The molecule has 3 aliphatic heterocycles. The summed E-state index contributed by atoms with van der Waals surface area (Å²) in [5, 5.41) is 4.46. The number of hydrogen-bond acceptors (Lipinski definition) is 5. The van der Waals surface area contributed by atoms with Crippen molar-refractivity contribution in [2.24, 2.45) is 28.6 Å². The zero-order chi connectivity index (χ0) is 32.9. The van der Waals surface area contributed by atoms with E-state index in [4.69, 9.17) is 0 Å². The Labute approximate surface area is 278 Å². The van der Waals surface area contributed by atoms with Crippen LogP contribution in [0.25, 0.3) is 0 Å². The van der Waals surface area contributed by atoms with Gasteiger partial charge >= 0.3 is 0 Å². The summed E-state index contributed by atoms with van der Waals surface area (Å²) < 4.78 is 1.77. The quantitative estimate of drug-likeness (QED) is 0.456. The summed E-state index contributed by atoms with van der Waals surface area (Å²) in [7, 11) is 1.94. The van der Waals surface area contributed by atoms with Gasteiger partial charge in [0.25, 0.3) is 5.91 Å². The molecule has 5 fully saturated rings. The molecule has 1 aromatic carbocycles. The highest BCUT2D eigenvalue weighted by molar-refractivity contribution is 5.95. The van der Waals surface area contributed by atoms with E-state index < -0.39 is 11.3 Å². The van der Waals surface area contributed by atoms with Crippen LogP contribution in [0.15, 0.2) is 42.7 Å². The van der Waals surface area contributed by atoms with Crippen LogP contribution >= 0.6 is 0 Å². The minimum absolute atomic E-state index is 0.0248. The molecule has 1 spiro atoms. The fourth-order valence-electron chi connectivity index (χ4n) is 8.81. The third-order valence-corrected chi connectivity index (χ3v) is 12.0. The van der Waals surface area contributed by atoms with E-state index >= 15 is 0 Å². The summed E-state index contributed by atoms with van der Waals surface area (Å²) in [6, 6.07) is 10.3. The molecule has 1 aromatic heterocycles. The van der Waals surface area contributed by atoms with Crippen LogP contribution in [-0.2, 0) is 20.9 Å². The second-order valence-electron chi connectivity index (χ2n) is 15.8. The first-order chi connectivity index (χ1) is 22.5. The van der Waals surface area contributed by atoms with Crippen molar-refractivity contribution in [2.45, 2.75) is 77.8 Å². The van der Waals surface area contributed by atoms with Crippen LogP contribution in [0.5, 0.6) is 0 Å². The first-order valence-electron chi connectivity index (χ1n) is 17.7. The molecule has 0 radical (unpaired) electrons. The zero-order valence-corrected chi connectivity index (χ0v) is 28.3. The van der Waals surface area contributed by atoms with Gasteiger partial charge in [-0.2, -0.15) is 5.10 Å². The number of aromatic nitrogens is 2. The maximum Gasteiger partial charge on any atom is 0.257 e. The fourth-order valence-corrected chi connectivity index (χ4v) is 8.81. The molecule has 47 heavy (non-hydrogen) atoms. The van der Waals surface area contributed by atoms with Crippen molar-refractivity contribution in [1.29, 1.82) is 0 Å². The number of benzene rings is 1. The monoisotopic (exact) mass is 642 g/mol. The Kier molecular flexibility index (Phi) is 8.41. The van der Waals surface area contributed by atoms with Crippen molar-refractivity contribution in [1.82, 2.24) is 29.4 Å². The predicted octanol–water partition coefficient (Wildman–Crippen LogP) is 3.91. The minimum Gasteiger partial charge on any atom is -0.342 e. The highest BCUT2D eigenvalue weighted by Crippen LogP contribution is 2.55. The lowest BCUT2D eigenvalue weighted by Crippen LogP contribution is -2.65. The van der Waals surface area contributed by atoms with E-state index in [0.717, 1.165) is 37.7 Å². The molecule has 2 saturated carbocycles. The SMILES string of the molecule is CN(C(=O)[C@H]1CCCN(C(=O)[C@@H]2CN(C(=O)c3cnn(Cc4ccccc4)c3)CC23CN(C(=O)[C@H]2CC2(C)C)C3)C1)C1CCCCC1. The minimum atomic E-state index is -0.475. The standard InChI is InChI=1S/C37H50N6O4/c1-36(2)17-30(36)34(46)42-24-37(25-42)23-41(33(45)28-18-38-43(21-28)19-26-11-6-4-7-12-26)22-31(37)35(47)40-16-10-13-27(20-40)32(44)39(3)29-14-8-5-9-15-29/h4,6-7,11-12,18,21,27,29-31H,5,8-10,13-17,19-20,22-25H2,1-3H3/t27-,30+,31-/m0/s1. The van der Waals surface area contributed by atoms with E-state index in [1.165, 1.54) is 19.3 Å². The van der Waals surface area contributed by atoms with E-state index in [0.29, 0.717) is 57.4 Å². The van der Waals surface area contributed by atoms with Gasteiger partial charge in [-0.25, -0.2) is 0 Å². The molecule has 3 saturated heterocycles. The van der Waals surface area contributed by atoms with E-state index in [1.54, 1.807) is 22.0 Å². The van der Waals surface area contributed by atoms with Crippen molar-refractivity contribution in [3.05, 3.63) is 53.9 Å². The Balaban J connectivity index is 1.06. The van der Waals surface area contributed by atoms with Crippen LogP contribution in [0.4, 0.5) is 0 Å².